The highest BCUT2D eigenvalue weighted by molar-refractivity contribution is 4.84. The molecule has 106 valence electrons. The molecule has 2 fully saturated rings. The maximum Gasteiger partial charge on any atom is 0.00980 e. The van der Waals surface area contributed by atoms with Crippen LogP contribution in [0.1, 0.15) is 59.3 Å². The molecule has 0 aromatic rings. The van der Waals surface area contributed by atoms with Crippen molar-refractivity contribution >= 4 is 0 Å². The molecule has 0 aromatic carbocycles. The van der Waals surface area contributed by atoms with Crippen molar-refractivity contribution in [3.63, 3.8) is 0 Å². The van der Waals surface area contributed by atoms with Crippen LogP contribution < -0.4 is 5.32 Å². The highest BCUT2D eigenvalue weighted by Gasteiger charge is 2.29. The first-order valence-electron chi connectivity index (χ1n) is 8.18. The van der Waals surface area contributed by atoms with Crippen molar-refractivity contribution in [3.8, 4) is 0 Å². The SMILES string of the molecule is CCC1CCN(C2CCC(C)C(C)C2)CCCN1. The minimum Gasteiger partial charge on any atom is -0.314 e. The van der Waals surface area contributed by atoms with Crippen LogP contribution in [0.15, 0.2) is 0 Å². The first-order chi connectivity index (χ1) is 8.70. The lowest BCUT2D eigenvalue weighted by Crippen LogP contribution is -2.46. The average molecular weight is 252 g/mol. The minimum absolute atomic E-state index is 0.757. The van der Waals surface area contributed by atoms with Crippen LogP contribution in [0.2, 0.25) is 0 Å². The van der Waals surface area contributed by atoms with Gasteiger partial charge in [0.25, 0.3) is 0 Å². The van der Waals surface area contributed by atoms with Gasteiger partial charge in [-0.15, -0.1) is 0 Å². The molecule has 1 aliphatic heterocycles. The molecule has 1 aliphatic carbocycles. The number of hydrogen-bond acceptors (Lipinski definition) is 2. The van der Waals surface area contributed by atoms with Gasteiger partial charge >= 0.3 is 0 Å². The minimum atomic E-state index is 0.757. The summed E-state index contributed by atoms with van der Waals surface area (Å²) in [5.41, 5.74) is 0. The van der Waals surface area contributed by atoms with Crippen LogP contribution >= 0.6 is 0 Å². The van der Waals surface area contributed by atoms with Gasteiger partial charge < -0.3 is 10.2 Å². The molecule has 4 atom stereocenters. The van der Waals surface area contributed by atoms with Crippen molar-refractivity contribution in [2.24, 2.45) is 11.8 Å². The predicted octanol–water partition coefficient (Wildman–Crippen LogP) is 3.28. The molecule has 4 unspecified atom stereocenters. The molecule has 1 heterocycles. The van der Waals surface area contributed by atoms with Crippen LogP contribution in [-0.2, 0) is 0 Å². The van der Waals surface area contributed by atoms with Crippen molar-refractivity contribution < 1.29 is 0 Å². The molecule has 0 aromatic heterocycles. The van der Waals surface area contributed by atoms with E-state index in [0.29, 0.717) is 0 Å². The van der Waals surface area contributed by atoms with Gasteiger partial charge in [-0.25, -0.2) is 0 Å². The Bertz CT molecular complexity index is 241. The summed E-state index contributed by atoms with van der Waals surface area (Å²) in [6, 6.07) is 1.64. The van der Waals surface area contributed by atoms with Gasteiger partial charge in [0.2, 0.25) is 0 Å². The summed E-state index contributed by atoms with van der Waals surface area (Å²) in [6.07, 6.45) is 8.28. The Balaban J connectivity index is 1.86. The molecule has 18 heavy (non-hydrogen) atoms. The van der Waals surface area contributed by atoms with Crippen LogP contribution in [0, 0.1) is 11.8 Å². The van der Waals surface area contributed by atoms with Crippen molar-refractivity contribution in [2.45, 2.75) is 71.4 Å². The summed E-state index contributed by atoms with van der Waals surface area (Å²) < 4.78 is 0. The maximum atomic E-state index is 3.68. The van der Waals surface area contributed by atoms with Crippen LogP contribution in [-0.4, -0.2) is 36.6 Å². The second-order valence-corrected chi connectivity index (χ2v) is 6.66. The Morgan fingerprint density at radius 2 is 1.89 bits per heavy atom. The topological polar surface area (TPSA) is 15.3 Å². The number of nitrogens with zero attached hydrogens (tertiary/aromatic N) is 1. The number of hydrogen-bond donors (Lipinski definition) is 1. The zero-order valence-electron chi connectivity index (χ0n) is 12.6. The summed E-state index contributed by atoms with van der Waals surface area (Å²) in [7, 11) is 0. The fraction of sp³-hybridized carbons (Fsp3) is 1.00. The van der Waals surface area contributed by atoms with Crippen molar-refractivity contribution in [3.05, 3.63) is 0 Å². The molecule has 1 saturated carbocycles. The first kappa shape index (κ1) is 14.3. The van der Waals surface area contributed by atoms with Gasteiger partial charge in [-0.3, -0.25) is 0 Å². The normalized spacial score (nSPS) is 40.2. The third-order valence-corrected chi connectivity index (χ3v) is 5.40. The molecule has 1 saturated heterocycles. The van der Waals surface area contributed by atoms with Crippen molar-refractivity contribution in [1.82, 2.24) is 10.2 Å². The maximum absolute atomic E-state index is 3.68. The second-order valence-electron chi connectivity index (χ2n) is 6.66. The standard InChI is InChI=1S/C16H32N2/c1-4-15-8-11-18(10-5-9-17-15)16-7-6-13(2)14(3)12-16/h13-17H,4-12H2,1-3H3. The van der Waals surface area contributed by atoms with Gasteiger partial charge in [0.15, 0.2) is 0 Å². The Kier molecular flexibility index (Phi) is 5.50. The monoisotopic (exact) mass is 252 g/mol. The van der Waals surface area contributed by atoms with E-state index >= 15 is 0 Å². The molecule has 0 radical (unpaired) electrons. The third-order valence-electron chi connectivity index (χ3n) is 5.40. The smallest absolute Gasteiger partial charge is 0.00980 e. The van der Waals surface area contributed by atoms with Crippen LogP contribution in [0.3, 0.4) is 0 Å². The fourth-order valence-electron chi connectivity index (χ4n) is 3.69. The highest BCUT2D eigenvalue weighted by atomic mass is 15.2. The Hall–Kier alpha value is -0.0800. The summed E-state index contributed by atoms with van der Waals surface area (Å²) >= 11 is 0. The molecule has 2 heteroatoms. The molecule has 2 aliphatic rings. The fourth-order valence-corrected chi connectivity index (χ4v) is 3.69. The summed E-state index contributed by atoms with van der Waals surface area (Å²) in [5.74, 6) is 1.87. The van der Waals surface area contributed by atoms with E-state index in [1.54, 1.807) is 0 Å². The molecule has 1 N–H and O–H groups in total. The van der Waals surface area contributed by atoms with Gasteiger partial charge in [-0.2, -0.15) is 0 Å². The van der Waals surface area contributed by atoms with Gasteiger partial charge in [0.1, 0.15) is 0 Å². The third kappa shape index (κ3) is 3.71. The average Bonchev–Trinajstić information content (AvgIpc) is 2.33. The van der Waals surface area contributed by atoms with Crippen molar-refractivity contribution in [2.75, 3.05) is 19.6 Å². The van der Waals surface area contributed by atoms with Gasteiger partial charge in [-0.05, 0) is 70.0 Å². The van der Waals surface area contributed by atoms with Crippen LogP contribution in [0.25, 0.3) is 0 Å². The van der Waals surface area contributed by atoms with E-state index in [2.05, 4.69) is 31.0 Å². The summed E-state index contributed by atoms with van der Waals surface area (Å²) in [4.78, 5) is 2.81. The lowest BCUT2D eigenvalue weighted by molar-refractivity contribution is 0.0975. The molecule has 2 nitrogen and oxygen atoms in total. The molecule has 0 bridgehead atoms. The molecule has 0 spiro atoms. The number of nitrogens with one attached hydrogen (secondary N) is 1. The van der Waals surface area contributed by atoms with Crippen LogP contribution in [0.4, 0.5) is 0 Å². The first-order valence-corrected chi connectivity index (χ1v) is 8.18. The van der Waals surface area contributed by atoms with Gasteiger partial charge in [0, 0.05) is 12.1 Å². The summed E-state index contributed by atoms with van der Waals surface area (Å²) in [6.45, 7) is 11.1. The van der Waals surface area contributed by atoms with E-state index in [1.807, 2.05) is 0 Å². The molecular weight excluding hydrogens is 220 g/mol. The quantitative estimate of drug-likeness (QED) is 0.811. The summed E-state index contributed by atoms with van der Waals surface area (Å²) in [5, 5.41) is 3.68. The molecule has 2 rings (SSSR count). The van der Waals surface area contributed by atoms with Gasteiger partial charge in [0.05, 0.1) is 0 Å². The van der Waals surface area contributed by atoms with Crippen molar-refractivity contribution in [1.29, 1.82) is 0 Å². The van der Waals surface area contributed by atoms with E-state index in [1.165, 1.54) is 58.2 Å². The zero-order valence-corrected chi connectivity index (χ0v) is 12.6. The zero-order chi connectivity index (χ0) is 13.0. The Labute approximate surface area is 114 Å². The molecule has 0 amide bonds. The van der Waals surface area contributed by atoms with E-state index in [4.69, 9.17) is 0 Å². The largest absolute Gasteiger partial charge is 0.314 e. The van der Waals surface area contributed by atoms with Gasteiger partial charge in [-0.1, -0.05) is 20.8 Å². The van der Waals surface area contributed by atoms with E-state index in [-0.39, 0.29) is 0 Å². The Morgan fingerprint density at radius 1 is 1.06 bits per heavy atom. The Morgan fingerprint density at radius 3 is 2.61 bits per heavy atom. The van der Waals surface area contributed by atoms with E-state index < -0.39 is 0 Å². The van der Waals surface area contributed by atoms with E-state index in [0.717, 1.165) is 23.9 Å². The number of rotatable bonds is 2. The highest BCUT2D eigenvalue weighted by Crippen LogP contribution is 2.32. The predicted molar refractivity (Wildman–Crippen MR) is 78.9 cm³/mol. The van der Waals surface area contributed by atoms with Crippen LogP contribution in [0.5, 0.6) is 0 Å². The lowest BCUT2D eigenvalue weighted by Gasteiger charge is -2.41. The van der Waals surface area contributed by atoms with E-state index in [9.17, 15) is 0 Å². The lowest BCUT2D eigenvalue weighted by atomic mass is 9.78. The molecular formula is C16H32N2. The second kappa shape index (κ2) is 6.91.